The lowest BCUT2D eigenvalue weighted by molar-refractivity contribution is -0.121. The van der Waals surface area contributed by atoms with Gasteiger partial charge in [-0.25, -0.2) is 5.43 Å². The molecule has 1 aromatic carbocycles. The predicted octanol–water partition coefficient (Wildman–Crippen LogP) is 2.16. The lowest BCUT2D eigenvalue weighted by atomic mass is 9.92. The van der Waals surface area contributed by atoms with Crippen molar-refractivity contribution in [3.05, 3.63) is 34.9 Å². The Labute approximate surface area is 95.6 Å². The molecule has 16 heavy (non-hydrogen) atoms. The van der Waals surface area contributed by atoms with Crippen molar-refractivity contribution in [3.8, 4) is 0 Å². The number of nitrogens with one attached hydrogen (secondary N) is 1. The third-order valence-electron chi connectivity index (χ3n) is 3.06. The molecular weight excluding hydrogens is 200 g/mol. The van der Waals surface area contributed by atoms with E-state index in [1.807, 2.05) is 6.92 Å². The van der Waals surface area contributed by atoms with E-state index >= 15 is 0 Å². The zero-order valence-corrected chi connectivity index (χ0v) is 9.87. The van der Waals surface area contributed by atoms with Crippen LogP contribution in [0.4, 0.5) is 0 Å². The molecule has 0 bridgehead atoms. The van der Waals surface area contributed by atoms with Crippen molar-refractivity contribution in [2.75, 3.05) is 0 Å². The van der Waals surface area contributed by atoms with Crippen LogP contribution in [0, 0.1) is 19.8 Å². The average molecular weight is 216 g/mol. The monoisotopic (exact) mass is 216 g/mol. The Kier molecular flexibility index (Phi) is 2.77. The largest absolute Gasteiger partial charge is 0.273 e. The Morgan fingerprint density at radius 1 is 1.31 bits per heavy atom. The summed E-state index contributed by atoms with van der Waals surface area (Å²) in [4.78, 5) is 11.2. The Morgan fingerprint density at radius 2 is 2.06 bits per heavy atom. The summed E-state index contributed by atoms with van der Waals surface area (Å²) >= 11 is 0. The predicted molar refractivity (Wildman–Crippen MR) is 64.4 cm³/mol. The van der Waals surface area contributed by atoms with Gasteiger partial charge in [0.1, 0.15) is 0 Å². The number of hydrogen-bond acceptors (Lipinski definition) is 2. The number of carbonyl (C=O) groups is 1. The number of carbonyl (C=O) groups excluding carboxylic acids is 1. The molecule has 1 aromatic rings. The smallest absolute Gasteiger partial charge is 0.240 e. The van der Waals surface area contributed by atoms with Crippen molar-refractivity contribution in [2.24, 2.45) is 11.0 Å². The van der Waals surface area contributed by atoms with Crippen molar-refractivity contribution in [2.45, 2.75) is 27.2 Å². The van der Waals surface area contributed by atoms with E-state index in [2.05, 4.69) is 42.6 Å². The minimum atomic E-state index is 0.0000774. The van der Waals surface area contributed by atoms with Gasteiger partial charge in [0, 0.05) is 12.3 Å². The molecule has 0 aliphatic carbocycles. The Hall–Kier alpha value is -1.64. The number of rotatable bonds is 1. The lowest BCUT2D eigenvalue weighted by Gasteiger charge is -2.19. The number of aryl methyl sites for hydroxylation is 2. The summed E-state index contributed by atoms with van der Waals surface area (Å²) in [5.74, 6) is 0.191. The second-order valence-electron chi connectivity index (χ2n) is 4.44. The van der Waals surface area contributed by atoms with Crippen molar-refractivity contribution in [1.29, 1.82) is 0 Å². The molecule has 1 heterocycles. The third kappa shape index (κ3) is 1.98. The number of amides is 1. The second kappa shape index (κ2) is 4.08. The summed E-state index contributed by atoms with van der Waals surface area (Å²) in [6.45, 7) is 6.21. The summed E-state index contributed by atoms with van der Waals surface area (Å²) in [7, 11) is 0. The highest BCUT2D eigenvalue weighted by Gasteiger charge is 2.21. The van der Waals surface area contributed by atoms with Crippen LogP contribution in [0.25, 0.3) is 0 Å². The van der Waals surface area contributed by atoms with Gasteiger partial charge >= 0.3 is 0 Å². The van der Waals surface area contributed by atoms with Crippen molar-refractivity contribution in [3.63, 3.8) is 0 Å². The highest BCUT2D eigenvalue weighted by Crippen LogP contribution is 2.18. The van der Waals surface area contributed by atoms with Gasteiger partial charge in [-0.05, 0) is 36.6 Å². The zero-order chi connectivity index (χ0) is 11.7. The normalized spacial score (nSPS) is 20.3. The Morgan fingerprint density at radius 3 is 2.69 bits per heavy atom. The van der Waals surface area contributed by atoms with E-state index in [0.29, 0.717) is 6.42 Å². The maximum Gasteiger partial charge on any atom is 0.240 e. The van der Waals surface area contributed by atoms with Crippen LogP contribution >= 0.6 is 0 Å². The standard InChI is InChI=1S/C13H16N2O/c1-8-4-5-11(6-9(8)2)13-10(3)7-12(16)14-15-13/h4-6,10H,7H2,1-3H3,(H,14,16). The molecule has 0 aromatic heterocycles. The molecule has 3 heteroatoms. The van der Waals surface area contributed by atoms with Crippen LogP contribution in [0.2, 0.25) is 0 Å². The fraction of sp³-hybridized carbons (Fsp3) is 0.385. The highest BCUT2D eigenvalue weighted by atomic mass is 16.2. The maximum absolute atomic E-state index is 11.2. The van der Waals surface area contributed by atoms with E-state index in [-0.39, 0.29) is 11.8 Å². The molecule has 0 saturated carbocycles. The molecule has 0 saturated heterocycles. The Balaban J connectivity index is 2.37. The van der Waals surface area contributed by atoms with Crippen LogP contribution in [0.5, 0.6) is 0 Å². The van der Waals surface area contributed by atoms with E-state index < -0.39 is 0 Å². The second-order valence-corrected chi connectivity index (χ2v) is 4.44. The summed E-state index contributed by atoms with van der Waals surface area (Å²) in [6, 6.07) is 6.29. The van der Waals surface area contributed by atoms with Crippen LogP contribution in [0.3, 0.4) is 0 Å². The van der Waals surface area contributed by atoms with Gasteiger partial charge < -0.3 is 0 Å². The molecule has 1 unspecified atom stereocenters. The van der Waals surface area contributed by atoms with Crippen LogP contribution in [-0.4, -0.2) is 11.6 Å². The van der Waals surface area contributed by atoms with E-state index in [4.69, 9.17) is 0 Å². The SMILES string of the molecule is Cc1ccc(C2=NNC(=O)CC2C)cc1C. The van der Waals surface area contributed by atoms with Crippen molar-refractivity contribution >= 4 is 11.6 Å². The molecular formula is C13H16N2O. The molecule has 84 valence electrons. The molecule has 1 aliphatic rings. The quantitative estimate of drug-likeness (QED) is 0.768. The van der Waals surface area contributed by atoms with Crippen molar-refractivity contribution in [1.82, 2.24) is 5.43 Å². The first-order chi connectivity index (χ1) is 7.58. The van der Waals surface area contributed by atoms with E-state index in [1.165, 1.54) is 11.1 Å². The number of nitrogens with zero attached hydrogens (tertiary/aromatic N) is 1. The first kappa shape index (κ1) is 10.9. The highest BCUT2D eigenvalue weighted by molar-refractivity contribution is 6.05. The van der Waals surface area contributed by atoms with Gasteiger partial charge in [0.2, 0.25) is 5.91 Å². The number of hydrazone groups is 1. The molecule has 0 fully saturated rings. The molecule has 1 N–H and O–H groups in total. The van der Waals surface area contributed by atoms with Gasteiger partial charge in [0.15, 0.2) is 0 Å². The van der Waals surface area contributed by atoms with Crippen LogP contribution in [0.15, 0.2) is 23.3 Å². The first-order valence-electron chi connectivity index (χ1n) is 5.52. The fourth-order valence-electron chi connectivity index (χ4n) is 1.90. The molecule has 0 radical (unpaired) electrons. The molecule has 3 nitrogen and oxygen atoms in total. The van der Waals surface area contributed by atoms with Crippen LogP contribution < -0.4 is 5.43 Å². The van der Waals surface area contributed by atoms with Gasteiger partial charge in [-0.2, -0.15) is 5.10 Å². The molecule has 1 amide bonds. The summed E-state index contributed by atoms with van der Waals surface area (Å²) in [5, 5.41) is 4.15. The van der Waals surface area contributed by atoms with Gasteiger partial charge in [-0.1, -0.05) is 19.1 Å². The minimum absolute atomic E-state index is 0.0000774. The third-order valence-corrected chi connectivity index (χ3v) is 3.06. The van der Waals surface area contributed by atoms with Gasteiger partial charge in [0.05, 0.1) is 5.71 Å². The number of hydrogen-bond donors (Lipinski definition) is 1. The molecule has 0 spiro atoms. The fourth-order valence-corrected chi connectivity index (χ4v) is 1.90. The molecule has 1 aliphatic heterocycles. The minimum Gasteiger partial charge on any atom is -0.273 e. The van der Waals surface area contributed by atoms with Gasteiger partial charge in [0.25, 0.3) is 0 Å². The van der Waals surface area contributed by atoms with E-state index in [9.17, 15) is 4.79 Å². The summed E-state index contributed by atoms with van der Waals surface area (Å²) in [6.07, 6.45) is 0.520. The van der Waals surface area contributed by atoms with Gasteiger partial charge in [-0.15, -0.1) is 0 Å². The zero-order valence-electron chi connectivity index (χ0n) is 9.87. The molecule has 1 atom stereocenters. The van der Waals surface area contributed by atoms with Crippen molar-refractivity contribution < 1.29 is 4.79 Å². The van der Waals surface area contributed by atoms with E-state index in [0.717, 1.165) is 11.3 Å². The van der Waals surface area contributed by atoms with Crippen LogP contribution in [0.1, 0.15) is 30.0 Å². The van der Waals surface area contributed by atoms with E-state index in [1.54, 1.807) is 0 Å². The number of benzene rings is 1. The van der Waals surface area contributed by atoms with Crippen LogP contribution in [-0.2, 0) is 4.79 Å². The Bertz CT molecular complexity index is 463. The summed E-state index contributed by atoms with van der Waals surface area (Å²) in [5.41, 5.74) is 7.15. The summed E-state index contributed by atoms with van der Waals surface area (Å²) < 4.78 is 0. The maximum atomic E-state index is 11.2. The van der Waals surface area contributed by atoms with Gasteiger partial charge in [-0.3, -0.25) is 4.79 Å². The first-order valence-corrected chi connectivity index (χ1v) is 5.52. The topological polar surface area (TPSA) is 41.5 Å². The average Bonchev–Trinajstić information content (AvgIpc) is 2.22. The molecule has 2 rings (SSSR count). The lowest BCUT2D eigenvalue weighted by Crippen LogP contribution is -2.31.